The molecule has 0 radical (unpaired) electrons. The molecule has 0 fully saturated rings. The molecule has 1 aromatic carbocycles. The molecule has 0 spiro atoms. The molecule has 0 bridgehead atoms. The molecule has 1 aromatic heterocycles. The van der Waals surface area contributed by atoms with E-state index in [1.165, 1.54) is 4.68 Å². The second-order valence-electron chi connectivity index (χ2n) is 4.25. The van der Waals surface area contributed by atoms with Gasteiger partial charge in [0.15, 0.2) is 0 Å². The van der Waals surface area contributed by atoms with Crippen molar-refractivity contribution in [3.05, 3.63) is 28.6 Å². The number of fused-ring (bicyclic) bond motifs is 1. The van der Waals surface area contributed by atoms with Crippen molar-refractivity contribution >= 4 is 16.6 Å². The van der Waals surface area contributed by atoms with Crippen LogP contribution in [0.2, 0.25) is 0 Å². The Bertz CT molecular complexity index is 574. The van der Waals surface area contributed by atoms with Crippen molar-refractivity contribution in [2.24, 2.45) is 5.92 Å². The fourth-order valence-electron chi connectivity index (χ4n) is 1.56. The number of benzene rings is 1. The summed E-state index contributed by atoms with van der Waals surface area (Å²) in [6.07, 6.45) is 0. The van der Waals surface area contributed by atoms with Crippen molar-refractivity contribution in [3.63, 3.8) is 0 Å². The van der Waals surface area contributed by atoms with Crippen LogP contribution in [0.1, 0.15) is 13.8 Å². The van der Waals surface area contributed by atoms with Gasteiger partial charge in [-0.15, -0.1) is 5.10 Å². The maximum absolute atomic E-state index is 12.0. The lowest BCUT2D eigenvalue weighted by molar-refractivity contribution is 0.450. The Labute approximate surface area is 92.9 Å². The fraction of sp³-hybridized carbons (Fsp3) is 0.364. The summed E-state index contributed by atoms with van der Waals surface area (Å²) in [6, 6.07) is 5.06. The lowest BCUT2D eigenvalue weighted by Gasteiger charge is -2.07. The SMILES string of the molecule is CC(C)Cn1nnc2ccc(N)cc2c1=O. The Morgan fingerprint density at radius 1 is 1.44 bits per heavy atom. The summed E-state index contributed by atoms with van der Waals surface area (Å²) in [7, 11) is 0. The number of aromatic nitrogens is 3. The Morgan fingerprint density at radius 3 is 2.88 bits per heavy atom. The molecule has 1 heterocycles. The van der Waals surface area contributed by atoms with Gasteiger partial charge in [-0.05, 0) is 24.1 Å². The molecular weight excluding hydrogens is 204 g/mol. The predicted octanol–water partition coefficient (Wildman–Crippen LogP) is 1.03. The first kappa shape index (κ1) is 10.6. The summed E-state index contributed by atoms with van der Waals surface area (Å²) in [5.41, 5.74) is 6.66. The summed E-state index contributed by atoms with van der Waals surface area (Å²) >= 11 is 0. The molecule has 5 heteroatoms. The molecule has 2 aromatic rings. The largest absolute Gasteiger partial charge is 0.399 e. The Morgan fingerprint density at radius 2 is 2.19 bits per heavy atom. The fourth-order valence-corrected chi connectivity index (χ4v) is 1.56. The van der Waals surface area contributed by atoms with Crippen LogP contribution in [-0.2, 0) is 6.54 Å². The van der Waals surface area contributed by atoms with Gasteiger partial charge in [0.05, 0.1) is 5.39 Å². The lowest BCUT2D eigenvalue weighted by atomic mass is 10.2. The molecule has 2 rings (SSSR count). The zero-order chi connectivity index (χ0) is 11.7. The Kier molecular flexibility index (Phi) is 2.60. The quantitative estimate of drug-likeness (QED) is 0.764. The number of hydrogen-bond donors (Lipinski definition) is 1. The van der Waals surface area contributed by atoms with Crippen LogP contribution in [0, 0.1) is 5.92 Å². The van der Waals surface area contributed by atoms with Crippen LogP contribution in [0.15, 0.2) is 23.0 Å². The highest BCUT2D eigenvalue weighted by Gasteiger charge is 2.06. The molecule has 0 aliphatic carbocycles. The second-order valence-corrected chi connectivity index (χ2v) is 4.25. The van der Waals surface area contributed by atoms with E-state index in [2.05, 4.69) is 10.3 Å². The number of nitrogens with two attached hydrogens (primary N) is 1. The number of anilines is 1. The van der Waals surface area contributed by atoms with Crippen LogP contribution in [0.5, 0.6) is 0 Å². The monoisotopic (exact) mass is 218 g/mol. The van der Waals surface area contributed by atoms with Gasteiger partial charge in [0.1, 0.15) is 5.52 Å². The van der Waals surface area contributed by atoms with Crippen molar-refractivity contribution in [2.45, 2.75) is 20.4 Å². The molecule has 0 saturated heterocycles. The van der Waals surface area contributed by atoms with Crippen LogP contribution in [0.4, 0.5) is 5.69 Å². The predicted molar refractivity (Wildman–Crippen MR) is 63.0 cm³/mol. The van der Waals surface area contributed by atoms with Gasteiger partial charge in [-0.2, -0.15) is 0 Å². The molecule has 84 valence electrons. The molecule has 0 amide bonds. The van der Waals surface area contributed by atoms with Crippen molar-refractivity contribution in [3.8, 4) is 0 Å². The minimum atomic E-state index is -0.133. The molecule has 5 nitrogen and oxygen atoms in total. The molecule has 0 unspecified atom stereocenters. The van der Waals surface area contributed by atoms with Gasteiger partial charge in [0, 0.05) is 12.2 Å². The highest BCUT2D eigenvalue weighted by atomic mass is 16.1. The lowest BCUT2D eigenvalue weighted by Crippen LogP contribution is -2.26. The van der Waals surface area contributed by atoms with Crippen LogP contribution in [0.3, 0.4) is 0 Å². The van der Waals surface area contributed by atoms with Gasteiger partial charge < -0.3 is 5.73 Å². The van der Waals surface area contributed by atoms with E-state index in [1.807, 2.05) is 13.8 Å². The van der Waals surface area contributed by atoms with Gasteiger partial charge in [0.2, 0.25) is 0 Å². The summed E-state index contributed by atoms with van der Waals surface area (Å²) in [6.45, 7) is 4.62. The van der Waals surface area contributed by atoms with E-state index in [0.29, 0.717) is 29.1 Å². The third-order valence-corrected chi connectivity index (χ3v) is 2.28. The van der Waals surface area contributed by atoms with Crippen LogP contribution < -0.4 is 11.3 Å². The third-order valence-electron chi connectivity index (χ3n) is 2.28. The first-order chi connectivity index (χ1) is 7.58. The van der Waals surface area contributed by atoms with Gasteiger partial charge in [-0.1, -0.05) is 19.1 Å². The third kappa shape index (κ3) is 1.88. The summed E-state index contributed by atoms with van der Waals surface area (Å²) in [4.78, 5) is 12.0. The zero-order valence-corrected chi connectivity index (χ0v) is 9.34. The molecule has 0 aliphatic heterocycles. The maximum atomic E-state index is 12.0. The van der Waals surface area contributed by atoms with Crippen molar-refractivity contribution in [2.75, 3.05) is 5.73 Å². The average molecular weight is 218 g/mol. The summed E-state index contributed by atoms with van der Waals surface area (Å²) < 4.78 is 1.38. The van der Waals surface area contributed by atoms with Crippen molar-refractivity contribution < 1.29 is 0 Å². The van der Waals surface area contributed by atoms with Crippen molar-refractivity contribution in [1.82, 2.24) is 15.0 Å². The minimum Gasteiger partial charge on any atom is -0.399 e. The van der Waals surface area contributed by atoms with E-state index in [0.717, 1.165) is 0 Å². The first-order valence-corrected chi connectivity index (χ1v) is 5.21. The van der Waals surface area contributed by atoms with E-state index in [-0.39, 0.29) is 5.56 Å². The topological polar surface area (TPSA) is 73.8 Å². The van der Waals surface area contributed by atoms with Gasteiger partial charge in [-0.25, -0.2) is 4.68 Å². The molecule has 0 atom stereocenters. The van der Waals surface area contributed by atoms with Crippen LogP contribution in [-0.4, -0.2) is 15.0 Å². The van der Waals surface area contributed by atoms with E-state index < -0.39 is 0 Å². The molecule has 0 saturated carbocycles. The Hall–Kier alpha value is -1.91. The van der Waals surface area contributed by atoms with Crippen LogP contribution in [0.25, 0.3) is 10.9 Å². The highest BCUT2D eigenvalue weighted by Crippen LogP contribution is 2.10. The summed E-state index contributed by atoms with van der Waals surface area (Å²) in [5, 5.41) is 8.41. The molecule has 0 aliphatic rings. The van der Waals surface area contributed by atoms with E-state index in [9.17, 15) is 4.79 Å². The maximum Gasteiger partial charge on any atom is 0.277 e. The first-order valence-electron chi connectivity index (χ1n) is 5.21. The molecule has 16 heavy (non-hydrogen) atoms. The van der Waals surface area contributed by atoms with Crippen molar-refractivity contribution in [1.29, 1.82) is 0 Å². The van der Waals surface area contributed by atoms with Gasteiger partial charge in [-0.3, -0.25) is 4.79 Å². The number of nitrogens with zero attached hydrogens (tertiary/aromatic N) is 3. The summed E-state index contributed by atoms with van der Waals surface area (Å²) in [5.74, 6) is 0.352. The number of rotatable bonds is 2. The van der Waals surface area contributed by atoms with E-state index >= 15 is 0 Å². The molecule has 2 N–H and O–H groups in total. The minimum absolute atomic E-state index is 0.133. The average Bonchev–Trinajstić information content (AvgIpc) is 2.22. The number of hydrogen-bond acceptors (Lipinski definition) is 4. The van der Waals surface area contributed by atoms with E-state index in [1.54, 1.807) is 18.2 Å². The smallest absolute Gasteiger partial charge is 0.277 e. The van der Waals surface area contributed by atoms with Gasteiger partial charge >= 0.3 is 0 Å². The second kappa shape index (κ2) is 3.92. The highest BCUT2D eigenvalue weighted by molar-refractivity contribution is 5.80. The van der Waals surface area contributed by atoms with E-state index in [4.69, 9.17) is 5.73 Å². The normalized spacial score (nSPS) is 11.2. The number of nitrogen functional groups attached to an aromatic ring is 1. The van der Waals surface area contributed by atoms with Gasteiger partial charge in [0.25, 0.3) is 5.56 Å². The van der Waals surface area contributed by atoms with Crippen LogP contribution >= 0.6 is 0 Å². The zero-order valence-electron chi connectivity index (χ0n) is 9.34. The Balaban J connectivity index is 2.64. The standard InChI is InChI=1S/C11H14N4O/c1-7(2)6-15-11(16)9-5-8(12)3-4-10(9)13-14-15/h3-5,7H,6,12H2,1-2H3. The molecular formula is C11H14N4O.